The second-order valence-electron chi connectivity index (χ2n) is 6.47. The number of nitrogens with zero attached hydrogens (tertiary/aromatic N) is 3. The lowest BCUT2D eigenvalue weighted by molar-refractivity contribution is -0.150. The topological polar surface area (TPSA) is 185 Å². The zero-order chi connectivity index (χ0) is 23.6. The average molecular weight is 502 g/mol. The standard InChI is InChI=1S/C17H19N5O7S3/c1-3-30-8-5-31-14-10(13(24)22(14)11(8)16(27)28)20-12(23)9(7-4-32-17(18)19-7)21-29-6(2)15(25)26/h4,6,10,14H,3,5H2,1-2H3,(H2,18,19)(H,20,23)(H,25,26)(H,27,28)/b21-9+/t6?,10?,14-/m1/s1. The smallest absolute Gasteiger partial charge is 0.353 e. The number of carboxylic acids is 2. The Labute approximate surface area is 194 Å². The highest BCUT2D eigenvalue weighted by atomic mass is 32.2. The molecule has 0 aromatic carbocycles. The molecule has 1 fully saturated rings. The summed E-state index contributed by atoms with van der Waals surface area (Å²) in [6, 6.07) is -0.992. The molecule has 0 saturated carbocycles. The van der Waals surface area contributed by atoms with Crippen molar-refractivity contribution in [1.82, 2.24) is 15.2 Å². The Morgan fingerprint density at radius 2 is 2.19 bits per heavy atom. The van der Waals surface area contributed by atoms with Crippen molar-refractivity contribution >= 4 is 69.5 Å². The number of carbonyl (C=O) groups excluding carboxylic acids is 2. The van der Waals surface area contributed by atoms with E-state index in [9.17, 15) is 24.3 Å². The van der Waals surface area contributed by atoms with E-state index in [2.05, 4.69) is 15.5 Å². The van der Waals surface area contributed by atoms with E-state index in [4.69, 9.17) is 15.7 Å². The molecule has 1 saturated heterocycles. The number of thiazole rings is 1. The van der Waals surface area contributed by atoms with Crippen LogP contribution in [-0.4, -0.2) is 78.6 Å². The summed E-state index contributed by atoms with van der Waals surface area (Å²) in [6.45, 7) is 3.11. The molecule has 2 aliphatic heterocycles. The van der Waals surface area contributed by atoms with Crippen molar-refractivity contribution in [2.24, 2.45) is 5.16 Å². The third-order valence-electron chi connectivity index (χ3n) is 4.37. The van der Waals surface area contributed by atoms with Gasteiger partial charge in [-0.1, -0.05) is 12.1 Å². The number of carbonyl (C=O) groups is 4. The van der Waals surface area contributed by atoms with Crippen LogP contribution in [0.25, 0.3) is 0 Å². The number of hydrogen-bond donors (Lipinski definition) is 4. The lowest BCUT2D eigenvalue weighted by atomic mass is 10.0. The summed E-state index contributed by atoms with van der Waals surface area (Å²) in [6.07, 6.45) is -1.33. The van der Waals surface area contributed by atoms with Gasteiger partial charge in [-0.15, -0.1) is 34.9 Å². The van der Waals surface area contributed by atoms with Gasteiger partial charge in [-0.05, 0) is 12.7 Å². The van der Waals surface area contributed by atoms with Crippen LogP contribution < -0.4 is 11.1 Å². The van der Waals surface area contributed by atoms with Gasteiger partial charge in [0.05, 0.1) is 0 Å². The van der Waals surface area contributed by atoms with Crippen molar-refractivity contribution in [2.75, 3.05) is 17.2 Å². The predicted molar refractivity (Wildman–Crippen MR) is 119 cm³/mol. The number of nitrogens with one attached hydrogen (secondary N) is 1. The molecule has 1 aromatic rings. The van der Waals surface area contributed by atoms with Gasteiger partial charge in [0.15, 0.2) is 10.8 Å². The minimum atomic E-state index is -1.33. The number of carboxylic acid groups (broad SMARTS) is 2. The Morgan fingerprint density at radius 3 is 2.75 bits per heavy atom. The fourth-order valence-corrected chi connectivity index (χ4v) is 5.81. The van der Waals surface area contributed by atoms with Gasteiger partial charge < -0.3 is 26.1 Å². The van der Waals surface area contributed by atoms with Crippen molar-refractivity contribution in [2.45, 2.75) is 31.4 Å². The van der Waals surface area contributed by atoms with Crippen LogP contribution in [0.15, 0.2) is 21.1 Å². The minimum Gasteiger partial charge on any atom is -0.478 e. The Hall–Kier alpha value is -2.78. The lowest BCUT2D eigenvalue weighted by Crippen LogP contribution is -2.71. The van der Waals surface area contributed by atoms with E-state index in [0.717, 1.165) is 11.3 Å². The van der Waals surface area contributed by atoms with E-state index >= 15 is 0 Å². The maximum absolute atomic E-state index is 12.9. The van der Waals surface area contributed by atoms with Crippen LogP contribution in [0.4, 0.5) is 5.13 Å². The van der Waals surface area contributed by atoms with Crippen LogP contribution in [0.2, 0.25) is 0 Å². The fourth-order valence-electron chi connectivity index (χ4n) is 2.86. The van der Waals surface area contributed by atoms with Gasteiger partial charge in [-0.25, -0.2) is 14.6 Å². The zero-order valence-corrected chi connectivity index (χ0v) is 19.3. The lowest BCUT2D eigenvalue weighted by Gasteiger charge is -2.49. The van der Waals surface area contributed by atoms with E-state index in [1.165, 1.54) is 40.7 Å². The Morgan fingerprint density at radius 1 is 1.47 bits per heavy atom. The third-order valence-corrected chi connectivity index (χ3v) is 7.48. The molecular formula is C17H19N5O7S3. The molecule has 32 heavy (non-hydrogen) atoms. The minimum absolute atomic E-state index is 0.0512. The molecule has 2 aliphatic rings. The molecule has 3 heterocycles. The quantitative estimate of drug-likeness (QED) is 0.208. The number of thioether (sulfide) groups is 2. The van der Waals surface area contributed by atoms with Crippen LogP contribution in [0.3, 0.4) is 0 Å². The normalized spacial score (nSPS) is 21.5. The van der Waals surface area contributed by atoms with Crippen LogP contribution in [0.1, 0.15) is 19.5 Å². The van der Waals surface area contributed by atoms with E-state index in [-0.39, 0.29) is 22.2 Å². The van der Waals surface area contributed by atoms with Crippen molar-refractivity contribution < 1.29 is 34.2 Å². The van der Waals surface area contributed by atoms with Crippen molar-refractivity contribution in [3.8, 4) is 0 Å². The van der Waals surface area contributed by atoms with Gasteiger partial charge in [-0.2, -0.15) is 0 Å². The molecule has 5 N–H and O–H groups in total. The highest BCUT2D eigenvalue weighted by Crippen LogP contribution is 2.43. The number of nitrogen functional groups attached to an aromatic ring is 1. The predicted octanol–water partition coefficient (Wildman–Crippen LogP) is 0.368. The van der Waals surface area contributed by atoms with Gasteiger partial charge in [0, 0.05) is 16.0 Å². The number of aliphatic carboxylic acids is 2. The Bertz CT molecular complexity index is 1020. The summed E-state index contributed by atoms with van der Waals surface area (Å²) >= 11 is 3.73. The molecule has 172 valence electrons. The molecule has 0 radical (unpaired) electrons. The van der Waals surface area contributed by atoms with Crippen LogP contribution >= 0.6 is 34.9 Å². The summed E-state index contributed by atoms with van der Waals surface area (Å²) < 4.78 is 0. The van der Waals surface area contributed by atoms with Gasteiger partial charge >= 0.3 is 11.9 Å². The number of oxime groups is 1. The number of hydrogen-bond acceptors (Lipinski definition) is 11. The van der Waals surface area contributed by atoms with Gasteiger partial charge in [0.25, 0.3) is 11.8 Å². The molecule has 2 amide bonds. The van der Waals surface area contributed by atoms with Crippen molar-refractivity contribution in [3.63, 3.8) is 0 Å². The highest BCUT2D eigenvalue weighted by Gasteiger charge is 2.54. The molecule has 15 heteroatoms. The highest BCUT2D eigenvalue weighted by molar-refractivity contribution is 8.06. The first kappa shape index (κ1) is 23.9. The van der Waals surface area contributed by atoms with Crippen molar-refractivity contribution in [3.05, 3.63) is 21.7 Å². The van der Waals surface area contributed by atoms with Gasteiger partial charge in [-0.3, -0.25) is 14.5 Å². The fraction of sp³-hybridized carbons (Fsp3) is 0.412. The molecule has 1 aromatic heterocycles. The Balaban J connectivity index is 1.80. The number of amides is 2. The number of fused-ring (bicyclic) bond motifs is 1. The van der Waals surface area contributed by atoms with Gasteiger partial charge in [0.1, 0.15) is 22.8 Å². The van der Waals surface area contributed by atoms with E-state index in [1.807, 2.05) is 6.92 Å². The van der Waals surface area contributed by atoms with E-state index in [1.54, 1.807) is 0 Å². The first-order valence-electron chi connectivity index (χ1n) is 9.18. The second-order valence-corrected chi connectivity index (χ2v) is 9.82. The maximum Gasteiger partial charge on any atom is 0.353 e. The average Bonchev–Trinajstić information content (AvgIpc) is 3.17. The summed E-state index contributed by atoms with van der Waals surface area (Å²) in [7, 11) is 0. The monoisotopic (exact) mass is 501 g/mol. The summed E-state index contributed by atoms with van der Waals surface area (Å²) in [5.41, 5.74) is 5.23. The number of aromatic nitrogens is 1. The van der Waals surface area contributed by atoms with E-state index in [0.29, 0.717) is 16.4 Å². The zero-order valence-electron chi connectivity index (χ0n) is 16.8. The Kier molecular flexibility index (Phi) is 7.30. The van der Waals surface area contributed by atoms with Crippen molar-refractivity contribution in [1.29, 1.82) is 0 Å². The number of rotatable bonds is 9. The largest absolute Gasteiger partial charge is 0.478 e. The molecule has 0 spiro atoms. The third kappa shape index (κ3) is 4.68. The molecule has 2 unspecified atom stereocenters. The number of anilines is 1. The summed E-state index contributed by atoms with van der Waals surface area (Å²) in [5, 5.41) is 25.7. The summed E-state index contributed by atoms with van der Waals surface area (Å²) in [4.78, 5) is 58.9. The van der Waals surface area contributed by atoms with E-state index < -0.39 is 41.3 Å². The molecular weight excluding hydrogens is 482 g/mol. The molecule has 3 rings (SSSR count). The van der Waals surface area contributed by atoms with Gasteiger partial charge in [0.2, 0.25) is 6.10 Å². The molecule has 3 atom stereocenters. The van der Waals surface area contributed by atoms with Crippen LogP contribution in [-0.2, 0) is 24.0 Å². The summed E-state index contributed by atoms with van der Waals surface area (Å²) in [5.74, 6) is -2.85. The first-order chi connectivity index (χ1) is 15.1. The maximum atomic E-state index is 12.9. The SMILES string of the molecule is CCSC1=C(C(=O)O)N2C(=O)C(NC(=O)/C(=N/OC(C)C(=O)O)c3csc(N)n3)[C@H]2SC1. The number of β-lactam (4-membered cyclic amide) rings is 1. The first-order valence-corrected chi connectivity index (χ1v) is 12.1. The second kappa shape index (κ2) is 9.79. The number of nitrogens with two attached hydrogens (primary N) is 1. The van der Waals surface area contributed by atoms with Crippen LogP contribution in [0, 0.1) is 0 Å². The molecule has 0 aliphatic carbocycles. The van der Waals surface area contributed by atoms with Crippen LogP contribution in [0.5, 0.6) is 0 Å². The molecule has 12 nitrogen and oxygen atoms in total. The molecule has 0 bridgehead atoms.